The smallest absolute Gasteiger partial charge is 0.261 e. The van der Waals surface area contributed by atoms with Crippen LogP contribution in [0.3, 0.4) is 0 Å². The minimum atomic E-state index is 0.0605. The van der Waals surface area contributed by atoms with Crippen molar-refractivity contribution >= 4 is 17.2 Å². The highest BCUT2D eigenvalue weighted by atomic mass is 32.1. The summed E-state index contributed by atoms with van der Waals surface area (Å²) in [6.07, 6.45) is 8.47. The molecular formula is C19H30N2O2S. The molecule has 24 heavy (non-hydrogen) atoms. The minimum absolute atomic E-state index is 0.0605. The predicted octanol–water partition coefficient (Wildman–Crippen LogP) is 3.11. The lowest BCUT2D eigenvalue weighted by atomic mass is 9.86. The molecule has 4 nitrogen and oxygen atoms in total. The Hall–Kier alpha value is -0.910. The summed E-state index contributed by atoms with van der Waals surface area (Å²) < 4.78 is 5.62. The van der Waals surface area contributed by atoms with Crippen LogP contribution in [0.4, 0.5) is 0 Å². The first-order valence-corrected chi connectivity index (χ1v) is 10.0. The number of thiophene rings is 1. The van der Waals surface area contributed by atoms with Crippen molar-refractivity contribution in [3.05, 3.63) is 21.4 Å². The van der Waals surface area contributed by atoms with Crippen molar-refractivity contribution in [2.45, 2.75) is 44.9 Å². The Morgan fingerprint density at radius 2 is 2.08 bits per heavy atom. The number of carbonyl (C=O) groups excluding carboxylic acids is 1. The van der Waals surface area contributed by atoms with Gasteiger partial charge in [0.25, 0.3) is 5.91 Å². The Morgan fingerprint density at radius 1 is 1.29 bits per heavy atom. The Labute approximate surface area is 149 Å². The summed E-state index contributed by atoms with van der Waals surface area (Å²) in [6.45, 7) is 3.20. The molecule has 1 N–H and O–H groups in total. The Bertz CT molecular complexity index is 536. The molecule has 1 aliphatic carbocycles. The van der Waals surface area contributed by atoms with E-state index in [0.29, 0.717) is 6.54 Å². The molecule has 1 aromatic rings. The first kappa shape index (κ1) is 17.9. The lowest BCUT2D eigenvalue weighted by Gasteiger charge is -2.30. The molecule has 0 radical (unpaired) electrons. The number of amides is 1. The molecule has 0 aromatic carbocycles. The van der Waals surface area contributed by atoms with Gasteiger partial charge >= 0.3 is 0 Å². The van der Waals surface area contributed by atoms with Gasteiger partial charge in [0, 0.05) is 30.0 Å². The topological polar surface area (TPSA) is 41.6 Å². The Kier molecular flexibility index (Phi) is 5.95. The molecule has 1 amide bonds. The van der Waals surface area contributed by atoms with E-state index in [1.807, 2.05) is 0 Å². The van der Waals surface area contributed by atoms with Crippen molar-refractivity contribution in [3.63, 3.8) is 0 Å². The minimum Gasteiger partial charge on any atom is -0.381 e. The van der Waals surface area contributed by atoms with E-state index in [1.165, 1.54) is 36.1 Å². The number of nitrogens with zero attached hydrogens (tertiary/aromatic N) is 1. The van der Waals surface area contributed by atoms with Crippen LogP contribution in [-0.2, 0) is 17.6 Å². The van der Waals surface area contributed by atoms with E-state index in [1.54, 1.807) is 11.3 Å². The zero-order chi connectivity index (χ0) is 17.0. The number of carbonyl (C=O) groups is 1. The van der Waals surface area contributed by atoms with Gasteiger partial charge in [0.2, 0.25) is 0 Å². The van der Waals surface area contributed by atoms with Crippen molar-refractivity contribution in [1.29, 1.82) is 0 Å². The second kappa shape index (κ2) is 7.98. The maximum Gasteiger partial charge on any atom is 0.261 e. The Balaban J connectivity index is 1.63. The van der Waals surface area contributed by atoms with E-state index in [9.17, 15) is 4.79 Å². The fourth-order valence-corrected chi connectivity index (χ4v) is 5.12. The number of hydrogen-bond acceptors (Lipinski definition) is 4. The van der Waals surface area contributed by atoms with Crippen LogP contribution in [0.5, 0.6) is 0 Å². The fraction of sp³-hybridized carbons (Fsp3) is 0.737. The van der Waals surface area contributed by atoms with Crippen LogP contribution in [0.2, 0.25) is 0 Å². The van der Waals surface area contributed by atoms with Crippen LogP contribution in [0.25, 0.3) is 0 Å². The molecule has 134 valence electrons. The van der Waals surface area contributed by atoms with Crippen LogP contribution in [0.15, 0.2) is 6.07 Å². The van der Waals surface area contributed by atoms with Crippen LogP contribution in [-0.4, -0.2) is 51.2 Å². The molecule has 2 aliphatic rings. The predicted molar refractivity (Wildman–Crippen MR) is 99.0 cm³/mol. The molecule has 3 rings (SSSR count). The second-order valence-electron chi connectivity index (χ2n) is 7.70. The summed E-state index contributed by atoms with van der Waals surface area (Å²) in [5.41, 5.74) is 1.47. The third-order valence-electron chi connectivity index (χ3n) is 5.18. The van der Waals surface area contributed by atoms with Crippen molar-refractivity contribution in [2.24, 2.45) is 5.41 Å². The molecule has 1 aliphatic heterocycles. The van der Waals surface area contributed by atoms with E-state index in [2.05, 4.69) is 30.4 Å². The third-order valence-corrected chi connectivity index (χ3v) is 6.42. The number of hydrogen-bond donors (Lipinski definition) is 1. The van der Waals surface area contributed by atoms with Crippen LogP contribution in [0, 0.1) is 5.41 Å². The van der Waals surface area contributed by atoms with Gasteiger partial charge in [0.05, 0.1) is 11.5 Å². The summed E-state index contributed by atoms with van der Waals surface area (Å²) in [7, 11) is 4.17. The molecule has 2 heterocycles. The van der Waals surface area contributed by atoms with Crippen molar-refractivity contribution < 1.29 is 9.53 Å². The molecule has 1 aromatic heterocycles. The largest absolute Gasteiger partial charge is 0.381 e. The molecule has 1 saturated heterocycles. The van der Waals surface area contributed by atoms with Gasteiger partial charge < -0.3 is 15.0 Å². The number of ether oxygens (including phenoxy) is 1. The van der Waals surface area contributed by atoms with Crippen molar-refractivity contribution in [2.75, 3.05) is 40.4 Å². The zero-order valence-electron chi connectivity index (χ0n) is 15.0. The summed E-state index contributed by atoms with van der Waals surface area (Å²) in [5.74, 6) is 0.0942. The zero-order valence-corrected chi connectivity index (χ0v) is 15.8. The summed E-state index contributed by atoms with van der Waals surface area (Å²) in [4.78, 5) is 17.2. The van der Waals surface area contributed by atoms with Crippen molar-refractivity contribution in [1.82, 2.24) is 10.2 Å². The monoisotopic (exact) mass is 350 g/mol. The molecular weight excluding hydrogens is 320 g/mol. The number of nitrogens with one attached hydrogen (secondary N) is 1. The highest BCUT2D eigenvalue weighted by Crippen LogP contribution is 2.30. The van der Waals surface area contributed by atoms with Crippen LogP contribution >= 0.6 is 11.3 Å². The highest BCUT2D eigenvalue weighted by molar-refractivity contribution is 7.14. The normalized spacial score (nSPS) is 24.5. The molecule has 0 saturated carbocycles. The Morgan fingerprint density at radius 3 is 2.79 bits per heavy atom. The van der Waals surface area contributed by atoms with E-state index in [4.69, 9.17) is 4.74 Å². The number of fused-ring (bicyclic) bond motifs is 1. The second-order valence-corrected chi connectivity index (χ2v) is 8.83. The molecule has 1 unspecified atom stereocenters. The maximum absolute atomic E-state index is 12.7. The van der Waals surface area contributed by atoms with E-state index in [-0.39, 0.29) is 11.3 Å². The molecule has 5 heteroatoms. The van der Waals surface area contributed by atoms with Gasteiger partial charge in [-0.15, -0.1) is 11.3 Å². The lowest BCUT2D eigenvalue weighted by molar-refractivity contribution is 0.0896. The SMILES string of the molecule is CN(C)CC1(CNC(=O)c2cc3c(s2)CCCCCC3)CCOC1. The van der Waals surface area contributed by atoms with E-state index in [0.717, 1.165) is 43.9 Å². The standard InChI is InChI=1S/C19H30N2O2S/c1-21(2)13-19(9-10-23-14-19)12-20-18(22)17-11-15-7-5-3-4-6-8-16(15)24-17/h11H,3-10,12-14H2,1-2H3,(H,20,22). The van der Waals surface area contributed by atoms with Gasteiger partial charge in [-0.2, -0.15) is 0 Å². The molecule has 0 bridgehead atoms. The lowest BCUT2D eigenvalue weighted by Crippen LogP contribution is -2.44. The van der Waals surface area contributed by atoms with Gasteiger partial charge in [-0.25, -0.2) is 0 Å². The van der Waals surface area contributed by atoms with Gasteiger partial charge in [-0.05, 0) is 57.8 Å². The fourth-order valence-electron chi connectivity index (χ4n) is 3.95. The van der Waals surface area contributed by atoms with Crippen LogP contribution < -0.4 is 5.32 Å². The maximum atomic E-state index is 12.7. The quantitative estimate of drug-likeness (QED) is 0.887. The summed E-state index contributed by atoms with van der Waals surface area (Å²) >= 11 is 1.71. The third kappa shape index (κ3) is 4.38. The van der Waals surface area contributed by atoms with Gasteiger partial charge in [-0.3, -0.25) is 4.79 Å². The van der Waals surface area contributed by atoms with Gasteiger partial charge in [0.1, 0.15) is 0 Å². The number of rotatable bonds is 5. The van der Waals surface area contributed by atoms with Gasteiger partial charge in [-0.1, -0.05) is 12.8 Å². The average molecular weight is 351 g/mol. The average Bonchev–Trinajstić information content (AvgIpc) is 3.12. The highest BCUT2D eigenvalue weighted by Gasteiger charge is 2.36. The summed E-state index contributed by atoms with van der Waals surface area (Å²) in [6, 6.07) is 2.14. The molecule has 0 spiro atoms. The molecule has 1 atom stereocenters. The van der Waals surface area contributed by atoms with Crippen molar-refractivity contribution in [3.8, 4) is 0 Å². The van der Waals surface area contributed by atoms with E-state index < -0.39 is 0 Å². The van der Waals surface area contributed by atoms with Gasteiger partial charge in [0.15, 0.2) is 0 Å². The summed E-state index contributed by atoms with van der Waals surface area (Å²) in [5, 5.41) is 3.19. The first-order chi connectivity index (χ1) is 11.6. The first-order valence-electron chi connectivity index (χ1n) is 9.20. The number of aryl methyl sites for hydroxylation is 2. The molecule has 1 fully saturated rings. The van der Waals surface area contributed by atoms with Crippen LogP contribution in [0.1, 0.15) is 52.2 Å². The van der Waals surface area contributed by atoms with E-state index >= 15 is 0 Å².